The largest absolute Gasteiger partial charge is 0.423 e. The zero-order chi connectivity index (χ0) is 13.8. The lowest BCUT2D eigenvalue weighted by Gasteiger charge is -2.11. The smallest absolute Gasteiger partial charge is 0.336 e. The van der Waals surface area contributed by atoms with E-state index in [-0.39, 0.29) is 5.63 Å². The number of hydrogen-bond donors (Lipinski definition) is 0. The molecule has 2 rings (SSSR count). The van der Waals surface area contributed by atoms with E-state index >= 15 is 0 Å². The highest BCUT2D eigenvalue weighted by molar-refractivity contribution is 5.68. The van der Waals surface area contributed by atoms with Crippen molar-refractivity contribution < 1.29 is 4.42 Å². The molecule has 0 amide bonds. The van der Waals surface area contributed by atoms with Crippen LogP contribution in [0.5, 0.6) is 0 Å². The molecule has 0 bridgehead atoms. The fourth-order valence-electron chi connectivity index (χ4n) is 1.77. The van der Waals surface area contributed by atoms with E-state index in [9.17, 15) is 4.79 Å². The fraction of sp³-hybridized carbons (Fsp3) is 0.188. The van der Waals surface area contributed by atoms with Crippen LogP contribution in [-0.2, 0) is 0 Å². The molecule has 0 aliphatic rings. The average Bonchev–Trinajstić information content (AvgIpc) is 2.36. The van der Waals surface area contributed by atoms with Crippen LogP contribution in [0.15, 0.2) is 45.6 Å². The molecule has 0 saturated carbocycles. The quantitative estimate of drug-likeness (QED) is 0.844. The summed E-state index contributed by atoms with van der Waals surface area (Å²) in [5.41, 5.74) is 2.80. The molecule has 0 fully saturated rings. The SMILES string of the molecule is Cc1cc(/C=C/c2ccc(N(C)C)cc2)oc(=O)c1. The predicted molar refractivity (Wildman–Crippen MR) is 79.4 cm³/mol. The molecule has 1 aromatic carbocycles. The van der Waals surface area contributed by atoms with Crippen LogP contribution in [0.2, 0.25) is 0 Å². The molecule has 3 nitrogen and oxygen atoms in total. The molecular weight excluding hydrogens is 238 g/mol. The summed E-state index contributed by atoms with van der Waals surface area (Å²) in [5.74, 6) is 0.571. The van der Waals surface area contributed by atoms with Gasteiger partial charge in [0.15, 0.2) is 0 Å². The Bertz CT molecular complexity index is 637. The van der Waals surface area contributed by atoms with Gasteiger partial charge in [0.2, 0.25) is 0 Å². The molecule has 1 heterocycles. The molecule has 98 valence electrons. The van der Waals surface area contributed by atoms with Gasteiger partial charge in [-0.15, -0.1) is 0 Å². The summed E-state index contributed by atoms with van der Waals surface area (Å²) < 4.78 is 5.09. The van der Waals surface area contributed by atoms with Gasteiger partial charge >= 0.3 is 5.63 Å². The van der Waals surface area contributed by atoms with Crippen molar-refractivity contribution in [2.75, 3.05) is 19.0 Å². The average molecular weight is 255 g/mol. The van der Waals surface area contributed by atoms with Gasteiger partial charge in [-0.3, -0.25) is 0 Å². The van der Waals surface area contributed by atoms with Gasteiger partial charge in [0, 0.05) is 25.8 Å². The second-order valence-corrected chi connectivity index (χ2v) is 4.68. The minimum Gasteiger partial charge on any atom is -0.423 e. The molecule has 0 spiro atoms. The second-order valence-electron chi connectivity index (χ2n) is 4.68. The third-order valence-electron chi connectivity index (χ3n) is 2.78. The fourth-order valence-corrected chi connectivity index (χ4v) is 1.77. The Kier molecular flexibility index (Phi) is 3.85. The Balaban J connectivity index is 2.20. The Hall–Kier alpha value is -2.29. The monoisotopic (exact) mass is 255 g/mol. The van der Waals surface area contributed by atoms with Gasteiger partial charge in [0.05, 0.1) is 0 Å². The lowest BCUT2D eigenvalue weighted by atomic mass is 10.1. The molecule has 0 saturated heterocycles. The minimum absolute atomic E-state index is 0.317. The number of nitrogens with zero attached hydrogens (tertiary/aromatic N) is 1. The lowest BCUT2D eigenvalue weighted by Crippen LogP contribution is -2.07. The van der Waals surface area contributed by atoms with E-state index in [1.165, 1.54) is 6.07 Å². The third kappa shape index (κ3) is 3.58. The van der Waals surface area contributed by atoms with Crippen molar-refractivity contribution in [3.63, 3.8) is 0 Å². The van der Waals surface area contributed by atoms with Crippen LogP contribution in [0.25, 0.3) is 12.2 Å². The van der Waals surface area contributed by atoms with E-state index < -0.39 is 0 Å². The topological polar surface area (TPSA) is 33.5 Å². The van der Waals surface area contributed by atoms with E-state index in [1.807, 2.05) is 62.3 Å². The van der Waals surface area contributed by atoms with E-state index in [1.54, 1.807) is 6.08 Å². The van der Waals surface area contributed by atoms with Crippen molar-refractivity contribution in [2.45, 2.75) is 6.92 Å². The Morgan fingerprint density at radius 1 is 1.05 bits per heavy atom. The number of anilines is 1. The molecule has 3 heteroatoms. The van der Waals surface area contributed by atoms with Crippen molar-refractivity contribution in [1.29, 1.82) is 0 Å². The third-order valence-corrected chi connectivity index (χ3v) is 2.78. The van der Waals surface area contributed by atoms with E-state index in [0.717, 1.165) is 16.8 Å². The lowest BCUT2D eigenvalue weighted by molar-refractivity contribution is 0.500. The zero-order valence-electron chi connectivity index (χ0n) is 11.4. The van der Waals surface area contributed by atoms with Crippen LogP contribution in [0.3, 0.4) is 0 Å². The second kappa shape index (κ2) is 5.57. The molecule has 0 N–H and O–H groups in total. The predicted octanol–water partition coefficient (Wildman–Crippen LogP) is 3.18. The first-order chi connectivity index (χ1) is 9.04. The van der Waals surface area contributed by atoms with Crippen LogP contribution in [-0.4, -0.2) is 14.1 Å². The normalized spacial score (nSPS) is 10.9. The molecule has 19 heavy (non-hydrogen) atoms. The van der Waals surface area contributed by atoms with Gasteiger partial charge < -0.3 is 9.32 Å². The summed E-state index contributed by atoms with van der Waals surface area (Å²) in [6.45, 7) is 1.88. The van der Waals surface area contributed by atoms with Gasteiger partial charge in [-0.05, 0) is 42.3 Å². The maximum absolute atomic E-state index is 11.2. The summed E-state index contributed by atoms with van der Waals surface area (Å²) in [7, 11) is 4.01. The summed E-state index contributed by atoms with van der Waals surface area (Å²) in [4.78, 5) is 13.3. The van der Waals surface area contributed by atoms with Crippen molar-refractivity contribution in [3.8, 4) is 0 Å². The highest BCUT2D eigenvalue weighted by Crippen LogP contribution is 2.14. The van der Waals surface area contributed by atoms with Crippen LogP contribution >= 0.6 is 0 Å². The van der Waals surface area contributed by atoms with Crippen molar-refractivity contribution >= 4 is 17.8 Å². The highest BCUT2D eigenvalue weighted by Gasteiger charge is 1.96. The first kappa shape index (κ1) is 13.1. The highest BCUT2D eigenvalue weighted by atomic mass is 16.4. The molecule has 0 atom stereocenters. The molecule has 0 radical (unpaired) electrons. The van der Waals surface area contributed by atoms with Crippen LogP contribution < -0.4 is 10.5 Å². The first-order valence-electron chi connectivity index (χ1n) is 6.12. The van der Waals surface area contributed by atoms with E-state index in [2.05, 4.69) is 0 Å². The first-order valence-corrected chi connectivity index (χ1v) is 6.12. The molecule has 0 unspecified atom stereocenters. The van der Waals surface area contributed by atoms with E-state index in [0.29, 0.717) is 5.76 Å². The van der Waals surface area contributed by atoms with Crippen LogP contribution in [0, 0.1) is 6.92 Å². The van der Waals surface area contributed by atoms with Gasteiger partial charge in [-0.1, -0.05) is 18.2 Å². The summed E-state index contributed by atoms with van der Waals surface area (Å²) in [5, 5.41) is 0. The summed E-state index contributed by atoms with van der Waals surface area (Å²) in [6.07, 6.45) is 3.73. The maximum Gasteiger partial charge on any atom is 0.336 e. The molecule has 0 aliphatic heterocycles. The number of hydrogen-bond acceptors (Lipinski definition) is 3. The van der Waals surface area contributed by atoms with E-state index in [4.69, 9.17) is 4.42 Å². The van der Waals surface area contributed by atoms with Gasteiger partial charge in [-0.2, -0.15) is 0 Å². The van der Waals surface area contributed by atoms with Gasteiger partial charge in [0.1, 0.15) is 5.76 Å². The number of rotatable bonds is 3. The Labute approximate surface area is 112 Å². The van der Waals surface area contributed by atoms with Crippen molar-refractivity contribution in [2.24, 2.45) is 0 Å². The number of benzene rings is 1. The van der Waals surface area contributed by atoms with Gasteiger partial charge in [-0.25, -0.2) is 4.79 Å². The summed E-state index contributed by atoms with van der Waals surface area (Å²) in [6, 6.07) is 11.5. The molecule has 0 aliphatic carbocycles. The van der Waals surface area contributed by atoms with Crippen molar-refractivity contribution in [3.05, 3.63) is 63.7 Å². The molecule has 2 aromatic rings. The molecule has 1 aromatic heterocycles. The maximum atomic E-state index is 11.2. The Morgan fingerprint density at radius 3 is 2.32 bits per heavy atom. The minimum atomic E-state index is -0.317. The standard InChI is InChI=1S/C16H17NO2/c1-12-10-15(19-16(18)11-12)9-6-13-4-7-14(8-5-13)17(2)3/h4-11H,1-3H3/b9-6+. The van der Waals surface area contributed by atoms with Crippen molar-refractivity contribution in [1.82, 2.24) is 0 Å². The Morgan fingerprint density at radius 2 is 1.74 bits per heavy atom. The zero-order valence-corrected chi connectivity index (χ0v) is 11.4. The van der Waals surface area contributed by atoms with Crippen LogP contribution in [0.4, 0.5) is 5.69 Å². The van der Waals surface area contributed by atoms with Gasteiger partial charge in [0.25, 0.3) is 0 Å². The summed E-state index contributed by atoms with van der Waals surface area (Å²) >= 11 is 0. The number of aryl methyl sites for hydroxylation is 1. The van der Waals surface area contributed by atoms with Crippen LogP contribution in [0.1, 0.15) is 16.9 Å². The molecular formula is C16H17NO2.